The molecule has 4 aromatic rings. The van der Waals surface area contributed by atoms with Crippen molar-refractivity contribution in [2.24, 2.45) is 16.8 Å². The summed E-state index contributed by atoms with van der Waals surface area (Å²) in [5.74, 6) is -7.39. The number of aliphatic hydroxyl groups is 3. The molecule has 2 fully saturated rings. The van der Waals surface area contributed by atoms with E-state index < -0.39 is 151 Å². The van der Waals surface area contributed by atoms with Crippen molar-refractivity contribution < 1.29 is 77.8 Å². The fourth-order valence-electron chi connectivity index (χ4n) is 9.72. The van der Waals surface area contributed by atoms with Crippen LogP contribution < -0.4 is 26.5 Å². The Bertz CT molecular complexity index is 2850. The van der Waals surface area contributed by atoms with Crippen molar-refractivity contribution in [2.45, 2.75) is 114 Å². The first kappa shape index (κ1) is 53.1. The summed E-state index contributed by atoms with van der Waals surface area (Å²) in [5.41, 5.74) is 4.46. The molecule has 0 bridgehead atoms. The molecule has 2 saturated heterocycles. The molecular formula is C50H56BN7O16. The maximum Gasteiger partial charge on any atom is 0.552 e. The highest BCUT2D eigenvalue weighted by molar-refractivity contribution is 6.51. The van der Waals surface area contributed by atoms with Crippen molar-refractivity contribution in [3.05, 3.63) is 112 Å². The second-order valence-corrected chi connectivity index (χ2v) is 19.0. The van der Waals surface area contributed by atoms with Crippen molar-refractivity contribution in [2.75, 3.05) is 13.7 Å². The van der Waals surface area contributed by atoms with Crippen molar-refractivity contribution in [1.29, 1.82) is 0 Å². The molecule has 390 valence electrons. The van der Waals surface area contributed by atoms with Gasteiger partial charge in [0.1, 0.15) is 40.7 Å². The highest BCUT2D eigenvalue weighted by Gasteiger charge is 2.51. The molecule has 9 atom stereocenters. The van der Waals surface area contributed by atoms with Gasteiger partial charge in [-0.2, -0.15) is 5.10 Å². The molecule has 0 radical (unpaired) electrons. The van der Waals surface area contributed by atoms with Crippen LogP contribution in [-0.4, -0.2) is 146 Å². The van der Waals surface area contributed by atoms with Crippen molar-refractivity contribution in [3.63, 3.8) is 0 Å². The van der Waals surface area contributed by atoms with Gasteiger partial charge in [-0.1, -0.05) is 56.3 Å². The van der Waals surface area contributed by atoms with E-state index in [1.807, 2.05) is 13.8 Å². The van der Waals surface area contributed by atoms with Crippen LogP contribution in [0.15, 0.2) is 72.2 Å². The second kappa shape index (κ2) is 22.1. The van der Waals surface area contributed by atoms with Gasteiger partial charge in [0.25, 0.3) is 5.91 Å². The lowest BCUT2D eigenvalue weighted by molar-refractivity contribution is -0.245. The lowest BCUT2D eigenvalue weighted by atomic mass is 9.71. The number of rotatable bonds is 17. The van der Waals surface area contributed by atoms with E-state index in [1.54, 1.807) is 37.3 Å². The third kappa shape index (κ3) is 10.9. The van der Waals surface area contributed by atoms with Crippen LogP contribution in [0.25, 0.3) is 0 Å². The number of carbonyl (C=O) groups excluding carboxylic acids is 6. The van der Waals surface area contributed by atoms with Crippen LogP contribution in [0, 0.1) is 5.92 Å². The Labute approximate surface area is 423 Å². The fraction of sp³-hybridized carbons (Fsp3) is 0.420. The van der Waals surface area contributed by atoms with Gasteiger partial charge >= 0.3 is 13.1 Å². The number of ether oxygens (including phenoxy) is 3. The zero-order valence-corrected chi connectivity index (χ0v) is 40.7. The van der Waals surface area contributed by atoms with E-state index in [1.165, 1.54) is 43.9 Å². The Morgan fingerprint density at radius 2 is 1.74 bits per heavy atom. The summed E-state index contributed by atoms with van der Waals surface area (Å²) in [6.45, 7) is 4.26. The second-order valence-electron chi connectivity index (χ2n) is 19.0. The van der Waals surface area contributed by atoms with Gasteiger partial charge in [0.2, 0.25) is 17.6 Å². The predicted octanol–water partition coefficient (Wildman–Crippen LogP) is 0.626. The van der Waals surface area contributed by atoms with E-state index in [-0.39, 0.29) is 58.9 Å². The first-order chi connectivity index (χ1) is 35.3. The minimum Gasteiger partial charge on any atom is -0.507 e. The molecule has 4 aliphatic rings. The number of carbonyl (C=O) groups is 6. The maximum absolute atomic E-state index is 14.2. The van der Waals surface area contributed by atoms with Crippen molar-refractivity contribution in [1.82, 2.24) is 26.0 Å². The van der Waals surface area contributed by atoms with Crippen LogP contribution in [0.1, 0.15) is 112 Å². The highest BCUT2D eigenvalue weighted by Crippen LogP contribution is 2.52. The van der Waals surface area contributed by atoms with Gasteiger partial charge in [-0.3, -0.25) is 33.8 Å². The number of nitrogens with two attached hydrogens (primary N) is 1. The van der Waals surface area contributed by atoms with E-state index in [9.17, 15) is 54.3 Å². The molecule has 2 aliphatic heterocycles. The number of nitrogens with one attached hydrogen (secondary N) is 3. The third-order valence-corrected chi connectivity index (χ3v) is 13.4. The molecule has 74 heavy (non-hydrogen) atoms. The number of nitrogens with zero attached hydrogens (tertiary/aromatic N) is 3. The van der Waals surface area contributed by atoms with Crippen LogP contribution >= 0.6 is 0 Å². The normalized spacial score (nSPS) is 24.3. The average Bonchev–Trinajstić information content (AvgIpc) is 3.74. The molecule has 3 heterocycles. The number of aromatic hydroxyl groups is 2. The van der Waals surface area contributed by atoms with Gasteiger partial charge in [-0.25, -0.2) is 10.4 Å². The van der Waals surface area contributed by atoms with Crippen molar-refractivity contribution >= 4 is 48.1 Å². The SMILES string of the molecule is COc1cccc2c1C(=O)c1c(O)c3c(c(O)c1C2=O)C[C@@](O)(/C(CO)=N\NC(=O)CC1OB([C@H](CC(C)C)NC(=O)[C@H](Cc2ccccc2)NC(=O)c2cnccn2)OC1=O)C[C@@H]3OC1CC(N)C(O)C(C)O1. The highest BCUT2D eigenvalue weighted by atomic mass is 16.7. The standard InChI is InChI=1S/C50H56BN7O16/c1-23(2)15-35(56-47(66)29(16-25-9-6-5-7-10-25)55-48(67)30-21-53-13-14-54-30)51-73-32(49(68)74-51)18-36(60)58-57-34(22-59)50(69)19-27-39(33(20-50)72-37-17-28(52)42(61)24(3)71-37)46(65)41-40(44(27)63)43(62)26-11-8-12-31(70-4)38(26)45(41)64/h5-14,21,23-24,28-29,32-33,35,37,42,59,61,63,65,69H,15-20,22,52H2,1-4H3,(H,55,67)(H,56,66)(H,58,60)/b57-34-/t24?,28?,29-,32?,33-,35-,37?,42?,50-/m0/s1. The minimum absolute atomic E-state index is 0.0200. The molecule has 0 saturated carbocycles. The summed E-state index contributed by atoms with van der Waals surface area (Å²) < 4.78 is 29.0. The third-order valence-electron chi connectivity index (χ3n) is 13.4. The monoisotopic (exact) mass is 1020 g/mol. The first-order valence-electron chi connectivity index (χ1n) is 23.9. The van der Waals surface area contributed by atoms with E-state index in [0.717, 1.165) is 5.56 Å². The molecule has 8 rings (SSSR count). The number of phenols is 2. The molecule has 3 aromatic carbocycles. The summed E-state index contributed by atoms with van der Waals surface area (Å²) in [4.78, 5) is 90.1. The van der Waals surface area contributed by atoms with Crippen LogP contribution in [0.4, 0.5) is 0 Å². The molecule has 1 aromatic heterocycles. The van der Waals surface area contributed by atoms with Crippen LogP contribution in [0.5, 0.6) is 17.2 Å². The fourth-order valence-corrected chi connectivity index (χ4v) is 9.72. The molecule has 3 amide bonds. The number of hydrogen-bond donors (Lipinski definition) is 9. The average molecular weight is 1020 g/mol. The van der Waals surface area contributed by atoms with Crippen LogP contribution in [0.2, 0.25) is 0 Å². The molecule has 2 aliphatic carbocycles. The zero-order valence-electron chi connectivity index (χ0n) is 40.7. The van der Waals surface area contributed by atoms with Gasteiger partial charge in [-0.05, 0) is 30.9 Å². The number of phenolic OH excluding ortho intramolecular Hbond substituents is 2. The summed E-state index contributed by atoms with van der Waals surface area (Å²) in [5, 5.41) is 67.2. The maximum atomic E-state index is 14.2. The number of hydrazone groups is 1. The number of aliphatic hydroxyl groups excluding tert-OH is 2. The summed E-state index contributed by atoms with van der Waals surface area (Å²) in [6.07, 6.45) is -3.80. The Morgan fingerprint density at radius 1 is 1.00 bits per heavy atom. The Kier molecular flexibility index (Phi) is 15.9. The number of methoxy groups -OCH3 is 1. The van der Waals surface area contributed by atoms with Gasteiger partial charge in [0.15, 0.2) is 12.1 Å². The summed E-state index contributed by atoms with van der Waals surface area (Å²) in [7, 11) is -0.0804. The summed E-state index contributed by atoms with van der Waals surface area (Å²) >= 11 is 0. The smallest absolute Gasteiger partial charge is 0.507 e. The Balaban J connectivity index is 1.01. The number of ketones is 2. The molecule has 10 N–H and O–H groups in total. The van der Waals surface area contributed by atoms with E-state index in [4.69, 9.17) is 29.3 Å². The number of hydrogen-bond acceptors (Lipinski definition) is 20. The molecule has 23 nitrogen and oxygen atoms in total. The largest absolute Gasteiger partial charge is 0.552 e. The topological polar surface area (TPSA) is 350 Å². The number of aromatic nitrogens is 2. The number of benzene rings is 3. The first-order valence-corrected chi connectivity index (χ1v) is 23.9. The van der Waals surface area contributed by atoms with Crippen LogP contribution in [-0.2, 0) is 46.0 Å². The Morgan fingerprint density at radius 3 is 2.42 bits per heavy atom. The van der Waals surface area contributed by atoms with Gasteiger partial charge < -0.3 is 65.4 Å². The predicted molar refractivity (Wildman–Crippen MR) is 258 cm³/mol. The van der Waals surface area contributed by atoms with Crippen molar-refractivity contribution in [3.8, 4) is 17.2 Å². The van der Waals surface area contributed by atoms with Gasteiger partial charge in [-0.15, -0.1) is 0 Å². The summed E-state index contributed by atoms with van der Waals surface area (Å²) in [6, 6.07) is 11.3. The van der Waals surface area contributed by atoms with E-state index in [2.05, 4.69) is 31.1 Å². The molecule has 0 spiro atoms. The quantitative estimate of drug-likeness (QED) is 0.0267. The van der Waals surface area contributed by atoms with Gasteiger partial charge in [0, 0.05) is 60.8 Å². The number of amides is 3. The molecule has 24 heteroatoms. The van der Waals surface area contributed by atoms with Gasteiger partial charge in [0.05, 0.1) is 73.0 Å². The molecular weight excluding hydrogens is 965 g/mol. The lowest BCUT2D eigenvalue weighted by Crippen LogP contribution is -2.55. The zero-order chi connectivity index (χ0) is 53.2. The van der Waals surface area contributed by atoms with E-state index in [0.29, 0.717) is 0 Å². The van der Waals surface area contributed by atoms with E-state index >= 15 is 0 Å². The number of fused-ring (bicyclic) bond motifs is 3. The lowest BCUT2D eigenvalue weighted by Gasteiger charge is -2.43. The Hall–Kier alpha value is -7.19. The molecule has 5 unspecified atom stereocenters. The minimum atomic E-state index is -2.33. The van der Waals surface area contributed by atoms with Crippen LogP contribution in [0.3, 0.4) is 0 Å².